The number of hydrogen-bond donors (Lipinski definition) is 0. The maximum absolute atomic E-state index is 15.9. The summed E-state index contributed by atoms with van der Waals surface area (Å²) >= 11 is 0. The molecule has 0 N–H and O–H groups in total. The first-order valence-electron chi connectivity index (χ1n) is 13.7. The zero-order chi connectivity index (χ0) is 24.2. The lowest BCUT2D eigenvalue weighted by Gasteiger charge is -2.43. The molecule has 1 heterocycles. The predicted octanol–water partition coefficient (Wildman–Crippen LogP) is 9.19. The van der Waals surface area contributed by atoms with Crippen molar-refractivity contribution in [1.29, 1.82) is 0 Å². The first-order chi connectivity index (χ1) is 16.6. The zero-order valence-corrected chi connectivity index (χ0v) is 21.2. The van der Waals surface area contributed by atoms with Gasteiger partial charge in [0.15, 0.2) is 6.29 Å². The Labute approximate surface area is 205 Å². The highest BCUT2D eigenvalue weighted by Gasteiger charge is 2.48. The third-order valence-electron chi connectivity index (χ3n) is 7.43. The van der Waals surface area contributed by atoms with Gasteiger partial charge < -0.3 is 9.47 Å². The lowest BCUT2D eigenvalue weighted by atomic mass is 9.73. The number of unbranched alkanes of at least 4 members (excludes halogenated alkanes) is 8. The van der Waals surface area contributed by atoms with E-state index in [9.17, 15) is 0 Å². The van der Waals surface area contributed by atoms with Gasteiger partial charge in [-0.1, -0.05) is 121 Å². The summed E-state index contributed by atoms with van der Waals surface area (Å²) in [5.74, 6) is -1.76. The molecule has 3 rings (SSSR count). The van der Waals surface area contributed by atoms with Crippen LogP contribution in [0, 0.1) is 11.3 Å². The van der Waals surface area contributed by atoms with Crippen LogP contribution in [0.2, 0.25) is 0 Å². The average molecular weight is 475 g/mol. The van der Waals surface area contributed by atoms with E-state index in [0.29, 0.717) is 25.6 Å². The number of hydrogen-bond acceptors (Lipinski definition) is 2. The van der Waals surface area contributed by atoms with E-state index in [4.69, 9.17) is 9.47 Å². The second-order valence-corrected chi connectivity index (χ2v) is 10.2. The number of halogens is 2. The van der Waals surface area contributed by atoms with Crippen LogP contribution in [0.25, 0.3) is 0 Å². The molecule has 190 valence electrons. The third-order valence-corrected chi connectivity index (χ3v) is 7.43. The fourth-order valence-electron chi connectivity index (χ4n) is 5.26. The molecule has 0 amide bonds. The molecule has 0 bridgehead atoms. The van der Waals surface area contributed by atoms with E-state index in [1.54, 1.807) is 0 Å². The maximum Gasteiger partial charge on any atom is 0.172 e. The predicted molar refractivity (Wildman–Crippen MR) is 136 cm³/mol. The molecule has 1 aromatic rings. The minimum Gasteiger partial charge on any atom is -0.351 e. The van der Waals surface area contributed by atoms with Gasteiger partial charge in [0.25, 0.3) is 0 Å². The summed E-state index contributed by atoms with van der Waals surface area (Å²) < 4.78 is 43.6. The van der Waals surface area contributed by atoms with Crippen LogP contribution in [0.1, 0.15) is 102 Å². The van der Waals surface area contributed by atoms with Gasteiger partial charge in [-0.25, -0.2) is 8.78 Å². The smallest absolute Gasteiger partial charge is 0.172 e. The SMILES string of the molecule is CCCCCCCCC1COC(C2(CCCCCC)C=CC(c3ccccc3)C(F)=C2F)OC1. The van der Waals surface area contributed by atoms with Gasteiger partial charge in [-0.3, -0.25) is 0 Å². The number of allylic oxidation sites excluding steroid dienone is 2. The molecular weight excluding hydrogens is 430 g/mol. The van der Waals surface area contributed by atoms with Gasteiger partial charge in [0.05, 0.1) is 24.5 Å². The molecule has 2 aliphatic rings. The summed E-state index contributed by atoms with van der Waals surface area (Å²) in [6, 6.07) is 9.29. The van der Waals surface area contributed by atoms with Gasteiger partial charge in [0, 0.05) is 5.92 Å². The van der Waals surface area contributed by atoms with Crippen LogP contribution >= 0.6 is 0 Å². The van der Waals surface area contributed by atoms with E-state index >= 15 is 8.78 Å². The van der Waals surface area contributed by atoms with Gasteiger partial charge in [0.1, 0.15) is 11.7 Å². The third kappa shape index (κ3) is 7.01. The molecule has 1 aliphatic heterocycles. The Balaban J connectivity index is 1.65. The highest BCUT2D eigenvalue weighted by atomic mass is 19.2. The summed E-state index contributed by atoms with van der Waals surface area (Å²) in [6.07, 6.45) is 16.0. The van der Waals surface area contributed by atoms with Crippen molar-refractivity contribution >= 4 is 0 Å². The van der Waals surface area contributed by atoms with E-state index < -0.39 is 29.3 Å². The van der Waals surface area contributed by atoms with E-state index in [-0.39, 0.29) is 0 Å². The molecule has 2 nitrogen and oxygen atoms in total. The van der Waals surface area contributed by atoms with Crippen molar-refractivity contribution in [3.63, 3.8) is 0 Å². The maximum atomic E-state index is 15.9. The molecule has 1 aliphatic carbocycles. The van der Waals surface area contributed by atoms with Crippen LogP contribution in [0.15, 0.2) is 54.1 Å². The Hall–Kier alpha value is -1.52. The molecule has 2 atom stereocenters. The first-order valence-corrected chi connectivity index (χ1v) is 13.7. The Morgan fingerprint density at radius 2 is 1.44 bits per heavy atom. The van der Waals surface area contributed by atoms with Crippen LogP contribution < -0.4 is 0 Å². The standard InChI is InChI=1S/C30H44F2O2/c1-3-5-7-9-10-12-16-24-22-33-29(34-23-24)30(20-15-8-6-4-2)21-19-26(27(31)28(30)32)25-17-13-11-14-18-25/h11,13-14,17-19,21,24,26,29H,3-10,12,15-16,20,22-23H2,1-2H3. The number of rotatable bonds is 14. The quantitative estimate of drug-likeness (QED) is 0.198. The average Bonchev–Trinajstić information content (AvgIpc) is 2.87. The molecule has 0 radical (unpaired) electrons. The largest absolute Gasteiger partial charge is 0.351 e. The van der Waals surface area contributed by atoms with Gasteiger partial charge >= 0.3 is 0 Å². The van der Waals surface area contributed by atoms with E-state index in [2.05, 4.69) is 13.8 Å². The van der Waals surface area contributed by atoms with Gasteiger partial charge in [-0.05, 0) is 18.4 Å². The van der Waals surface area contributed by atoms with Crippen molar-refractivity contribution in [2.75, 3.05) is 13.2 Å². The van der Waals surface area contributed by atoms with E-state index in [1.165, 1.54) is 38.5 Å². The Morgan fingerprint density at radius 3 is 2.12 bits per heavy atom. The van der Waals surface area contributed by atoms with Gasteiger partial charge in [-0.2, -0.15) is 0 Å². The molecule has 1 saturated heterocycles. The van der Waals surface area contributed by atoms with Crippen LogP contribution in [0.4, 0.5) is 8.78 Å². The summed E-state index contributed by atoms with van der Waals surface area (Å²) in [7, 11) is 0. The number of benzene rings is 1. The lowest BCUT2D eigenvalue weighted by Crippen LogP contribution is -2.45. The van der Waals surface area contributed by atoms with Crippen LogP contribution in [0.5, 0.6) is 0 Å². The minimum atomic E-state index is -1.17. The molecule has 2 unspecified atom stereocenters. The monoisotopic (exact) mass is 474 g/mol. The van der Waals surface area contributed by atoms with Crippen LogP contribution in [-0.2, 0) is 9.47 Å². The lowest BCUT2D eigenvalue weighted by molar-refractivity contribution is -0.240. The fourth-order valence-corrected chi connectivity index (χ4v) is 5.26. The summed E-state index contributed by atoms with van der Waals surface area (Å²) in [6.45, 7) is 5.50. The Bertz CT molecular complexity index is 767. The summed E-state index contributed by atoms with van der Waals surface area (Å²) in [4.78, 5) is 0. The van der Waals surface area contributed by atoms with E-state index in [1.807, 2.05) is 42.5 Å². The molecule has 0 spiro atoms. The van der Waals surface area contributed by atoms with Crippen LogP contribution in [-0.4, -0.2) is 19.5 Å². The van der Waals surface area contributed by atoms with Crippen molar-refractivity contribution in [3.8, 4) is 0 Å². The highest BCUT2D eigenvalue weighted by Crippen LogP contribution is 2.50. The first kappa shape index (κ1) is 27.1. The minimum absolute atomic E-state index is 0.334. The van der Waals surface area contributed by atoms with Crippen molar-refractivity contribution in [2.45, 2.75) is 103 Å². The summed E-state index contributed by atoms with van der Waals surface area (Å²) in [5.41, 5.74) is -0.413. The molecule has 1 fully saturated rings. The van der Waals surface area contributed by atoms with Gasteiger partial charge in [0.2, 0.25) is 0 Å². The second kappa shape index (κ2) is 14.1. The van der Waals surface area contributed by atoms with Crippen molar-refractivity contribution < 1.29 is 18.3 Å². The summed E-state index contributed by atoms with van der Waals surface area (Å²) in [5, 5.41) is 0. The van der Waals surface area contributed by atoms with Crippen LogP contribution in [0.3, 0.4) is 0 Å². The molecule has 0 aromatic heterocycles. The number of ether oxygens (including phenoxy) is 2. The van der Waals surface area contributed by atoms with Crippen molar-refractivity contribution in [1.82, 2.24) is 0 Å². The molecule has 0 saturated carbocycles. The molecule has 1 aromatic carbocycles. The molecule has 4 heteroatoms. The van der Waals surface area contributed by atoms with E-state index in [0.717, 1.165) is 37.7 Å². The fraction of sp³-hybridized carbons (Fsp3) is 0.667. The highest BCUT2D eigenvalue weighted by molar-refractivity contribution is 5.40. The normalized spacial score (nSPS) is 27.4. The van der Waals surface area contributed by atoms with Crippen molar-refractivity contribution in [3.05, 3.63) is 59.7 Å². The Kier molecular flexibility index (Phi) is 11.3. The molecular formula is C30H44F2O2. The zero-order valence-electron chi connectivity index (χ0n) is 21.2. The topological polar surface area (TPSA) is 18.5 Å². The Morgan fingerprint density at radius 1 is 0.824 bits per heavy atom. The molecule has 34 heavy (non-hydrogen) atoms. The second-order valence-electron chi connectivity index (χ2n) is 10.2. The van der Waals surface area contributed by atoms with Gasteiger partial charge in [-0.15, -0.1) is 0 Å². The van der Waals surface area contributed by atoms with Crippen molar-refractivity contribution in [2.24, 2.45) is 11.3 Å².